The van der Waals surface area contributed by atoms with Gasteiger partial charge >= 0.3 is 5.97 Å². The van der Waals surface area contributed by atoms with Gasteiger partial charge in [0.15, 0.2) is 5.82 Å². The maximum Gasteiger partial charge on any atom is 0.307 e. The summed E-state index contributed by atoms with van der Waals surface area (Å²) >= 11 is 0. The number of carbonyl (C=O) groups is 1. The van der Waals surface area contributed by atoms with Crippen LogP contribution >= 0.6 is 0 Å². The van der Waals surface area contributed by atoms with E-state index < -0.39 is 11.9 Å². The van der Waals surface area contributed by atoms with Crippen molar-refractivity contribution in [2.75, 3.05) is 13.1 Å². The molecule has 0 radical (unpaired) electrons. The topological polar surface area (TPSA) is 117 Å². The van der Waals surface area contributed by atoms with Crippen LogP contribution in [0.3, 0.4) is 0 Å². The number of H-pyrrole nitrogens is 1. The number of tetrazole rings is 1. The van der Waals surface area contributed by atoms with Gasteiger partial charge in [-0.05, 0) is 33.5 Å². The van der Waals surface area contributed by atoms with E-state index in [0.29, 0.717) is 12.2 Å². The maximum atomic E-state index is 11.8. The minimum Gasteiger partial charge on any atom is -0.481 e. The van der Waals surface area contributed by atoms with Crippen LogP contribution in [0.1, 0.15) is 36.8 Å². The molecule has 25 heavy (non-hydrogen) atoms. The van der Waals surface area contributed by atoms with Crippen molar-refractivity contribution in [3.05, 3.63) is 41.5 Å². The van der Waals surface area contributed by atoms with E-state index >= 15 is 0 Å². The lowest BCUT2D eigenvalue weighted by atomic mass is 9.80. The van der Waals surface area contributed by atoms with Gasteiger partial charge in [-0.3, -0.25) is 9.78 Å². The van der Waals surface area contributed by atoms with Crippen molar-refractivity contribution in [1.82, 2.24) is 30.9 Å². The van der Waals surface area contributed by atoms with Gasteiger partial charge < -0.3 is 10.4 Å². The fraction of sp³-hybridized carbons (Fsp3) is 0.471. The van der Waals surface area contributed by atoms with Crippen LogP contribution in [-0.4, -0.2) is 49.8 Å². The highest BCUT2D eigenvalue weighted by molar-refractivity contribution is 5.71. The van der Waals surface area contributed by atoms with Gasteiger partial charge in [-0.15, -0.1) is 5.10 Å². The van der Waals surface area contributed by atoms with Gasteiger partial charge in [-0.1, -0.05) is 26.0 Å². The Morgan fingerprint density at radius 1 is 1.36 bits per heavy atom. The Hall–Kier alpha value is -2.61. The normalized spacial score (nSPS) is 16.7. The molecule has 0 saturated carbocycles. The highest BCUT2D eigenvalue weighted by Gasteiger charge is 2.34. The first-order valence-electron chi connectivity index (χ1n) is 8.37. The molecular formula is C17H22N6O2. The number of nitrogens with one attached hydrogen (secondary N) is 2. The summed E-state index contributed by atoms with van der Waals surface area (Å²) in [6, 6.07) is 3.98. The molecule has 2 aromatic heterocycles. The second-order valence-electron chi connectivity index (χ2n) is 6.60. The van der Waals surface area contributed by atoms with E-state index in [1.165, 1.54) is 5.57 Å². The number of aliphatic carboxylic acids is 1. The van der Waals surface area contributed by atoms with Crippen LogP contribution in [0, 0.1) is 11.8 Å². The van der Waals surface area contributed by atoms with Crippen molar-refractivity contribution < 1.29 is 9.90 Å². The molecule has 0 aliphatic carbocycles. The van der Waals surface area contributed by atoms with Crippen molar-refractivity contribution in [2.24, 2.45) is 11.8 Å². The lowest BCUT2D eigenvalue weighted by Crippen LogP contribution is -2.29. The van der Waals surface area contributed by atoms with Crippen LogP contribution in [0.15, 0.2) is 24.4 Å². The first kappa shape index (κ1) is 17.2. The predicted molar refractivity (Wildman–Crippen MR) is 91.7 cm³/mol. The second-order valence-corrected chi connectivity index (χ2v) is 6.60. The molecule has 3 heterocycles. The molecule has 2 atom stereocenters. The summed E-state index contributed by atoms with van der Waals surface area (Å²) in [5, 5.41) is 26.8. The van der Waals surface area contributed by atoms with Gasteiger partial charge in [-0.25, -0.2) is 5.10 Å². The molecule has 1 aliphatic rings. The summed E-state index contributed by atoms with van der Waals surface area (Å²) in [5.74, 6) is -1.39. The Bertz CT molecular complexity index is 739. The number of rotatable bonds is 7. The molecule has 0 aromatic carbocycles. The van der Waals surface area contributed by atoms with Crippen molar-refractivity contribution in [2.45, 2.75) is 26.2 Å². The monoisotopic (exact) mass is 342 g/mol. The molecule has 3 rings (SSSR count). The number of pyridine rings is 1. The van der Waals surface area contributed by atoms with Crippen molar-refractivity contribution in [3.8, 4) is 0 Å². The van der Waals surface area contributed by atoms with Crippen LogP contribution in [0.5, 0.6) is 0 Å². The zero-order valence-electron chi connectivity index (χ0n) is 14.3. The Labute approximate surface area is 145 Å². The molecule has 8 heteroatoms. The van der Waals surface area contributed by atoms with Gasteiger partial charge in [0, 0.05) is 37.3 Å². The third-order valence-corrected chi connectivity index (χ3v) is 4.58. The standard InChI is InChI=1S/C17H22N6O2/c1-10(2)15(17(24)25)14(16-20-22-23-21-16)7-13-4-3-11(9-19-13)12-5-6-18-8-12/h3-5,9-10,14-15,18H,6-8H2,1-2H3,(H,24,25)(H,20,21,22,23)/t14-,15-/m0/s1. The smallest absolute Gasteiger partial charge is 0.307 e. The second kappa shape index (κ2) is 7.52. The fourth-order valence-corrected chi connectivity index (χ4v) is 3.29. The summed E-state index contributed by atoms with van der Waals surface area (Å²) in [5.41, 5.74) is 3.15. The Kier molecular flexibility index (Phi) is 5.18. The van der Waals surface area contributed by atoms with Crippen LogP contribution < -0.4 is 5.32 Å². The van der Waals surface area contributed by atoms with E-state index in [2.05, 4.69) is 37.0 Å². The number of carboxylic acid groups (broad SMARTS) is 1. The fourth-order valence-electron chi connectivity index (χ4n) is 3.29. The minimum absolute atomic E-state index is 0.0541. The van der Waals surface area contributed by atoms with Gasteiger partial charge in [-0.2, -0.15) is 0 Å². The third-order valence-electron chi connectivity index (χ3n) is 4.58. The largest absolute Gasteiger partial charge is 0.481 e. The molecule has 0 fully saturated rings. The van der Waals surface area contributed by atoms with E-state index in [1.807, 2.05) is 32.2 Å². The molecule has 1 aliphatic heterocycles. The average Bonchev–Trinajstić information content (AvgIpc) is 3.28. The number of hydrogen-bond donors (Lipinski definition) is 3. The van der Waals surface area contributed by atoms with Crippen LogP contribution in [0.2, 0.25) is 0 Å². The summed E-state index contributed by atoms with van der Waals surface area (Å²) < 4.78 is 0. The number of carboxylic acids is 1. The first-order chi connectivity index (χ1) is 12.1. The van der Waals surface area contributed by atoms with Crippen LogP contribution in [0.4, 0.5) is 0 Å². The number of aromatic amines is 1. The lowest BCUT2D eigenvalue weighted by molar-refractivity contribution is -0.144. The van der Waals surface area contributed by atoms with E-state index in [1.54, 1.807) is 0 Å². The molecule has 2 aromatic rings. The molecule has 132 valence electrons. The van der Waals surface area contributed by atoms with Crippen LogP contribution in [0.25, 0.3) is 5.57 Å². The summed E-state index contributed by atoms with van der Waals surface area (Å²) in [6.07, 6.45) is 4.46. The SMILES string of the molecule is CC(C)[C@H](C(=O)O)[C@H](Cc1ccc(C2=CCNC2)cn1)c1nnn[nH]1. The van der Waals surface area contributed by atoms with Crippen molar-refractivity contribution in [3.63, 3.8) is 0 Å². The molecule has 0 amide bonds. The van der Waals surface area contributed by atoms with Gasteiger partial charge in [0.2, 0.25) is 0 Å². The van der Waals surface area contributed by atoms with Gasteiger partial charge in [0.1, 0.15) is 0 Å². The maximum absolute atomic E-state index is 11.8. The Balaban J connectivity index is 1.83. The molecule has 3 N–H and O–H groups in total. The number of hydrogen-bond acceptors (Lipinski definition) is 6. The average molecular weight is 342 g/mol. The minimum atomic E-state index is -0.852. The quantitative estimate of drug-likeness (QED) is 0.693. The zero-order valence-corrected chi connectivity index (χ0v) is 14.3. The van der Waals surface area contributed by atoms with Gasteiger partial charge in [0.25, 0.3) is 0 Å². The van der Waals surface area contributed by atoms with Crippen molar-refractivity contribution >= 4 is 11.5 Å². The number of nitrogens with zero attached hydrogens (tertiary/aromatic N) is 4. The van der Waals surface area contributed by atoms with E-state index in [-0.39, 0.29) is 11.8 Å². The van der Waals surface area contributed by atoms with E-state index in [9.17, 15) is 9.90 Å². The van der Waals surface area contributed by atoms with Crippen molar-refractivity contribution in [1.29, 1.82) is 0 Å². The zero-order chi connectivity index (χ0) is 17.8. The van der Waals surface area contributed by atoms with E-state index in [4.69, 9.17) is 0 Å². The molecule has 0 bridgehead atoms. The Morgan fingerprint density at radius 3 is 2.72 bits per heavy atom. The summed E-state index contributed by atoms with van der Waals surface area (Å²) in [4.78, 5) is 16.3. The van der Waals surface area contributed by atoms with Crippen LogP contribution in [-0.2, 0) is 11.2 Å². The highest BCUT2D eigenvalue weighted by Crippen LogP contribution is 2.31. The molecule has 0 unspecified atom stereocenters. The Morgan fingerprint density at radius 2 is 2.20 bits per heavy atom. The lowest BCUT2D eigenvalue weighted by Gasteiger charge is -2.24. The predicted octanol–water partition coefficient (Wildman–Crippen LogP) is 1.26. The molecular weight excluding hydrogens is 320 g/mol. The number of aromatic nitrogens is 5. The summed E-state index contributed by atoms with van der Waals surface area (Å²) in [7, 11) is 0. The molecule has 0 spiro atoms. The summed E-state index contributed by atoms with van der Waals surface area (Å²) in [6.45, 7) is 5.52. The highest BCUT2D eigenvalue weighted by atomic mass is 16.4. The van der Waals surface area contributed by atoms with Gasteiger partial charge in [0.05, 0.1) is 5.92 Å². The third kappa shape index (κ3) is 3.90. The first-order valence-corrected chi connectivity index (χ1v) is 8.37. The molecule has 8 nitrogen and oxygen atoms in total. The van der Waals surface area contributed by atoms with E-state index in [0.717, 1.165) is 24.3 Å². The molecule has 0 saturated heterocycles.